The van der Waals surface area contributed by atoms with Gasteiger partial charge in [-0.25, -0.2) is 9.37 Å². The van der Waals surface area contributed by atoms with Gasteiger partial charge in [-0.15, -0.1) is 0 Å². The summed E-state index contributed by atoms with van der Waals surface area (Å²) in [5.74, 6) is -0.572. The van der Waals surface area contributed by atoms with Crippen LogP contribution < -0.4 is 10.5 Å². The fourth-order valence-electron chi connectivity index (χ4n) is 3.49. The molecule has 5 nitrogen and oxygen atoms in total. The first-order valence-corrected chi connectivity index (χ1v) is 9.56. The lowest BCUT2D eigenvalue weighted by atomic mass is 10.0. The van der Waals surface area contributed by atoms with E-state index in [1.807, 2.05) is 12.1 Å². The van der Waals surface area contributed by atoms with Crippen LogP contribution in [0.1, 0.15) is 18.4 Å². The van der Waals surface area contributed by atoms with E-state index in [0.29, 0.717) is 23.1 Å². The van der Waals surface area contributed by atoms with Crippen LogP contribution in [-0.2, 0) is 17.8 Å². The number of rotatable bonds is 3. The van der Waals surface area contributed by atoms with Crippen molar-refractivity contribution in [3.8, 4) is 0 Å². The number of carbonyl (C=O) groups is 1. The normalized spacial score (nSPS) is 13.6. The Hall–Kier alpha value is -2.54. The molecule has 7 heteroatoms. The van der Waals surface area contributed by atoms with Gasteiger partial charge in [-0.05, 0) is 42.7 Å². The topological polar surface area (TPSA) is 55.2 Å². The van der Waals surface area contributed by atoms with Crippen LogP contribution in [0, 0.1) is 5.82 Å². The van der Waals surface area contributed by atoms with E-state index >= 15 is 0 Å². The maximum atomic E-state index is 14.3. The highest BCUT2D eigenvalue weighted by molar-refractivity contribution is 9.10. The van der Waals surface area contributed by atoms with Gasteiger partial charge in [-0.2, -0.15) is 0 Å². The summed E-state index contributed by atoms with van der Waals surface area (Å²) in [7, 11) is 0. The fourth-order valence-corrected chi connectivity index (χ4v) is 3.86. The molecule has 0 saturated carbocycles. The molecule has 0 unspecified atom stereocenters. The minimum Gasteiger partial charge on any atom is -0.309 e. The first-order valence-electron chi connectivity index (χ1n) is 8.77. The summed E-state index contributed by atoms with van der Waals surface area (Å²) in [6, 6.07) is 10.2. The number of anilines is 1. The largest absolute Gasteiger partial charge is 0.309 e. The van der Waals surface area contributed by atoms with Crippen LogP contribution in [0.2, 0.25) is 0 Å². The van der Waals surface area contributed by atoms with E-state index in [0.717, 1.165) is 22.9 Å². The Balaban J connectivity index is 1.57. The Kier molecular flexibility index (Phi) is 4.78. The van der Waals surface area contributed by atoms with Crippen LogP contribution in [0.5, 0.6) is 0 Å². The van der Waals surface area contributed by atoms with Crippen molar-refractivity contribution >= 4 is 38.4 Å². The van der Waals surface area contributed by atoms with Gasteiger partial charge in [0.15, 0.2) is 0 Å². The highest BCUT2D eigenvalue weighted by Crippen LogP contribution is 2.30. The molecule has 0 aliphatic carbocycles. The molecule has 138 valence electrons. The van der Waals surface area contributed by atoms with Gasteiger partial charge >= 0.3 is 0 Å². The second-order valence-electron chi connectivity index (χ2n) is 6.55. The zero-order valence-corrected chi connectivity index (χ0v) is 16.1. The first kappa shape index (κ1) is 17.9. The highest BCUT2D eigenvalue weighted by Gasteiger charge is 2.25. The molecule has 1 amide bonds. The fraction of sp³-hybridized carbons (Fsp3) is 0.250. The second kappa shape index (κ2) is 7.23. The minimum absolute atomic E-state index is 0.106. The first-order chi connectivity index (χ1) is 13.0. The van der Waals surface area contributed by atoms with Crippen molar-refractivity contribution in [1.82, 2.24) is 9.55 Å². The highest BCUT2D eigenvalue weighted by atomic mass is 79.9. The molecule has 0 radical (unpaired) electrons. The number of nitrogens with zero attached hydrogens (tertiary/aromatic N) is 3. The number of halogens is 2. The Morgan fingerprint density at radius 1 is 1.26 bits per heavy atom. The maximum Gasteiger partial charge on any atom is 0.261 e. The van der Waals surface area contributed by atoms with Crippen LogP contribution in [0.15, 0.2) is 52.0 Å². The van der Waals surface area contributed by atoms with Gasteiger partial charge in [0.2, 0.25) is 5.91 Å². The summed E-state index contributed by atoms with van der Waals surface area (Å²) in [6.45, 7) is 0.692. The van der Waals surface area contributed by atoms with E-state index in [2.05, 4.69) is 20.9 Å². The molecular formula is C20H17BrFN3O2. The standard InChI is InChI=1S/C20H17BrFN3O2/c21-14-6-7-17-15(11-14)20(27)24(12-23-17)10-8-18(26)25-9-2-4-13-3-1-5-16(22)19(13)25/h1,3,5-7,11-12H,2,4,8-10H2. The van der Waals surface area contributed by atoms with Crippen LogP contribution in [0.25, 0.3) is 10.9 Å². The summed E-state index contributed by atoms with van der Waals surface area (Å²) in [5.41, 5.74) is 1.64. The van der Waals surface area contributed by atoms with Crippen molar-refractivity contribution in [3.63, 3.8) is 0 Å². The van der Waals surface area contributed by atoms with Crippen LogP contribution in [-0.4, -0.2) is 22.0 Å². The molecule has 2 aromatic carbocycles. The Morgan fingerprint density at radius 3 is 2.96 bits per heavy atom. The Labute approximate surface area is 163 Å². The number of benzene rings is 2. The van der Waals surface area contributed by atoms with Gasteiger partial charge in [-0.1, -0.05) is 28.1 Å². The molecule has 0 bridgehead atoms. The van der Waals surface area contributed by atoms with Crippen molar-refractivity contribution in [2.45, 2.75) is 25.8 Å². The molecular weight excluding hydrogens is 413 g/mol. The Bertz CT molecular complexity index is 1100. The van der Waals surface area contributed by atoms with Gasteiger partial charge in [-0.3, -0.25) is 14.2 Å². The number of para-hydroxylation sites is 1. The second-order valence-corrected chi connectivity index (χ2v) is 7.47. The zero-order valence-electron chi connectivity index (χ0n) is 14.5. The molecule has 0 spiro atoms. The lowest BCUT2D eigenvalue weighted by molar-refractivity contribution is -0.119. The lowest BCUT2D eigenvalue weighted by Crippen LogP contribution is -2.37. The number of carbonyl (C=O) groups excluding carboxylic acids is 1. The molecule has 0 saturated heterocycles. The van der Waals surface area contributed by atoms with Gasteiger partial charge in [0, 0.05) is 24.0 Å². The maximum absolute atomic E-state index is 14.3. The molecule has 1 aliphatic rings. The van der Waals surface area contributed by atoms with Gasteiger partial charge in [0.25, 0.3) is 5.56 Å². The van der Waals surface area contributed by atoms with Crippen LogP contribution in [0.4, 0.5) is 10.1 Å². The molecule has 1 aromatic heterocycles. The zero-order chi connectivity index (χ0) is 19.0. The SMILES string of the molecule is O=C(CCn1cnc2ccc(Br)cc2c1=O)N1CCCc2cccc(F)c21. The molecule has 27 heavy (non-hydrogen) atoms. The molecule has 1 aliphatic heterocycles. The van der Waals surface area contributed by atoms with E-state index in [4.69, 9.17) is 0 Å². The van der Waals surface area contributed by atoms with Crippen molar-refractivity contribution < 1.29 is 9.18 Å². The van der Waals surface area contributed by atoms with Crippen LogP contribution in [0.3, 0.4) is 0 Å². The smallest absolute Gasteiger partial charge is 0.261 e. The minimum atomic E-state index is -0.380. The summed E-state index contributed by atoms with van der Waals surface area (Å²) in [5, 5.41) is 0.494. The average molecular weight is 430 g/mol. The number of aromatic nitrogens is 2. The number of aryl methyl sites for hydroxylation is 2. The quantitative estimate of drug-likeness (QED) is 0.638. The Morgan fingerprint density at radius 2 is 2.11 bits per heavy atom. The van der Waals surface area contributed by atoms with Gasteiger partial charge in [0.1, 0.15) is 5.82 Å². The third-order valence-electron chi connectivity index (χ3n) is 4.82. The molecule has 0 fully saturated rings. The summed E-state index contributed by atoms with van der Waals surface area (Å²) >= 11 is 3.36. The number of amides is 1. The predicted octanol–water partition coefficient (Wildman–Crippen LogP) is 3.67. The van der Waals surface area contributed by atoms with Crippen molar-refractivity contribution in [2.24, 2.45) is 0 Å². The lowest BCUT2D eigenvalue weighted by Gasteiger charge is -2.30. The molecule has 0 atom stereocenters. The summed E-state index contributed by atoms with van der Waals surface area (Å²) in [6.07, 6.45) is 3.12. The number of fused-ring (bicyclic) bond motifs is 2. The van der Waals surface area contributed by atoms with Crippen molar-refractivity contribution in [1.29, 1.82) is 0 Å². The number of hydrogen-bond donors (Lipinski definition) is 0. The van der Waals surface area contributed by atoms with Crippen LogP contribution >= 0.6 is 15.9 Å². The van der Waals surface area contributed by atoms with E-state index in [1.165, 1.54) is 21.9 Å². The van der Waals surface area contributed by atoms with E-state index in [1.54, 1.807) is 18.2 Å². The van der Waals surface area contributed by atoms with Gasteiger partial charge in [0.05, 0.1) is 22.9 Å². The third-order valence-corrected chi connectivity index (χ3v) is 5.32. The molecule has 4 rings (SSSR count). The monoisotopic (exact) mass is 429 g/mol. The molecule has 2 heterocycles. The molecule has 3 aromatic rings. The van der Waals surface area contributed by atoms with E-state index in [9.17, 15) is 14.0 Å². The summed E-state index contributed by atoms with van der Waals surface area (Å²) in [4.78, 5) is 31.2. The van der Waals surface area contributed by atoms with Crippen molar-refractivity contribution in [2.75, 3.05) is 11.4 Å². The van der Waals surface area contributed by atoms with E-state index in [-0.39, 0.29) is 30.2 Å². The average Bonchev–Trinajstić information content (AvgIpc) is 2.67. The molecule has 0 N–H and O–H groups in total. The van der Waals surface area contributed by atoms with Gasteiger partial charge < -0.3 is 4.90 Å². The third kappa shape index (κ3) is 3.39. The summed E-state index contributed by atoms with van der Waals surface area (Å²) < 4.78 is 16.5. The van der Waals surface area contributed by atoms with E-state index < -0.39 is 0 Å². The number of hydrogen-bond acceptors (Lipinski definition) is 3. The van der Waals surface area contributed by atoms with Crippen molar-refractivity contribution in [3.05, 3.63) is 68.9 Å². The predicted molar refractivity (Wildman–Crippen MR) is 105 cm³/mol.